The molecular weight excluding hydrogens is 450 g/mol. The van der Waals surface area contributed by atoms with Crippen molar-refractivity contribution in [3.63, 3.8) is 0 Å². The van der Waals surface area contributed by atoms with Crippen molar-refractivity contribution in [2.45, 2.75) is 45.2 Å². The van der Waals surface area contributed by atoms with Crippen molar-refractivity contribution in [2.24, 2.45) is 17.4 Å². The molecule has 0 saturated carbocycles. The molecule has 2 unspecified atom stereocenters. The third-order valence-corrected chi connectivity index (χ3v) is 4.54. The van der Waals surface area contributed by atoms with Gasteiger partial charge in [-0.15, -0.1) is 0 Å². The van der Waals surface area contributed by atoms with E-state index in [2.05, 4.69) is 16.0 Å². The Morgan fingerprint density at radius 2 is 1.38 bits per heavy atom. The topological polar surface area (TPSA) is 193 Å². The molecule has 13 nitrogen and oxygen atoms in total. The van der Waals surface area contributed by atoms with E-state index in [0.717, 1.165) is 0 Å². The summed E-state index contributed by atoms with van der Waals surface area (Å²) in [6.45, 7) is 6.60. The number of hydrogen-bond donors (Lipinski definition) is 5. The average molecular weight is 492 g/mol. The fraction of sp³-hybridized carbons (Fsp3) is 0.810. The second-order valence-corrected chi connectivity index (χ2v) is 7.77. The van der Waals surface area contributed by atoms with Crippen molar-refractivity contribution in [3.8, 4) is 0 Å². The third kappa shape index (κ3) is 17.1. The number of carbonyl (C=O) groups excluding carboxylic acids is 4. The predicted octanol–water partition coefficient (Wildman–Crippen LogP) is -1.37. The number of nitrogens with two attached hydrogens (primary N) is 2. The Morgan fingerprint density at radius 1 is 0.824 bits per heavy atom. The molecule has 0 aliphatic rings. The van der Waals surface area contributed by atoms with Gasteiger partial charge in [-0.2, -0.15) is 0 Å². The fourth-order valence-electron chi connectivity index (χ4n) is 2.69. The van der Waals surface area contributed by atoms with E-state index in [4.69, 9.17) is 30.4 Å². The molecule has 5 amide bonds. The number of carbonyl (C=O) groups is 4. The van der Waals surface area contributed by atoms with Gasteiger partial charge in [-0.05, 0) is 18.8 Å². The molecule has 34 heavy (non-hydrogen) atoms. The van der Waals surface area contributed by atoms with Gasteiger partial charge in [0.2, 0.25) is 17.7 Å². The zero-order valence-corrected chi connectivity index (χ0v) is 20.4. The van der Waals surface area contributed by atoms with Crippen molar-refractivity contribution in [2.75, 3.05) is 59.9 Å². The molecule has 13 heteroatoms. The lowest BCUT2D eigenvalue weighted by molar-refractivity contribution is -0.132. The smallest absolute Gasteiger partial charge is 0.312 e. The Bertz CT molecular complexity index is 606. The first kappa shape index (κ1) is 31.5. The van der Waals surface area contributed by atoms with Crippen LogP contribution in [-0.4, -0.2) is 95.7 Å². The molecule has 0 aromatic heterocycles. The van der Waals surface area contributed by atoms with Crippen LogP contribution in [-0.2, 0) is 33.3 Å². The summed E-state index contributed by atoms with van der Waals surface area (Å²) in [4.78, 5) is 47.3. The summed E-state index contributed by atoms with van der Waals surface area (Å²) >= 11 is 0. The van der Waals surface area contributed by atoms with Gasteiger partial charge in [0, 0.05) is 20.1 Å². The molecule has 0 heterocycles. The maximum atomic E-state index is 12.6. The molecule has 198 valence electrons. The quantitative estimate of drug-likeness (QED) is 0.121. The summed E-state index contributed by atoms with van der Waals surface area (Å²) in [5, 5.41) is 7.63. The minimum absolute atomic E-state index is 0.0642. The van der Waals surface area contributed by atoms with Crippen LogP contribution in [0.2, 0.25) is 0 Å². The van der Waals surface area contributed by atoms with Crippen LogP contribution in [0, 0.1) is 5.92 Å². The normalized spacial score (nSPS) is 12.7. The minimum Gasteiger partial charge on any atom is -0.382 e. The number of nitrogens with one attached hydrogen (secondary N) is 3. The van der Waals surface area contributed by atoms with Crippen LogP contribution in [0.4, 0.5) is 4.79 Å². The fourth-order valence-corrected chi connectivity index (χ4v) is 2.69. The Hall–Kier alpha value is -2.48. The predicted molar refractivity (Wildman–Crippen MR) is 124 cm³/mol. The van der Waals surface area contributed by atoms with Crippen LogP contribution in [0.3, 0.4) is 0 Å². The third-order valence-electron chi connectivity index (χ3n) is 4.54. The first-order valence-electron chi connectivity index (χ1n) is 11.3. The molecule has 0 fully saturated rings. The van der Waals surface area contributed by atoms with Crippen LogP contribution in [0.5, 0.6) is 0 Å². The maximum Gasteiger partial charge on any atom is 0.312 e. The van der Waals surface area contributed by atoms with Crippen LogP contribution >= 0.6 is 0 Å². The highest BCUT2D eigenvalue weighted by atomic mass is 16.6. The summed E-state index contributed by atoms with van der Waals surface area (Å²) in [7, 11) is 1.60. The molecule has 0 aromatic carbocycles. The number of methoxy groups -OCH3 is 1. The summed E-state index contributed by atoms with van der Waals surface area (Å²) in [6.07, 6.45) is 0.668. The molecule has 2 atom stereocenters. The number of ether oxygens (including phenoxy) is 4. The molecule has 0 rings (SSSR count). The molecule has 0 bridgehead atoms. The van der Waals surface area contributed by atoms with Gasteiger partial charge in [-0.3, -0.25) is 14.4 Å². The second-order valence-electron chi connectivity index (χ2n) is 7.77. The van der Waals surface area contributed by atoms with E-state index >= 15 is 0 Å². The summed E-state index contributed by atoms with van der Waals surface area (Å²) < 4.78 is 20.8. The number of hydrogen-bond acceptors (Lipinski definition) is 8. The van der Waals surface area contributed by atoms with Gasteiger partial charge in [0.1, 0.15) is 12.1 Å². The van der Waals surface area contributed by atoms with Gasteiger partial charge in [0.25, 0.3) is 0 Å². The molecule has 0 aliphatic heterocycles. The molecule has 0 saturated heterocycles. The highest BCUT2D eigenvalue weighted by Gasteiger charge is 2.27. The summed E-state index contributed by atoms with van der Waals surface area (Å²) in [5.41, 5.74) is 10.3. The average Bonchev–Trinajstić information content (AvgIpc) is 2.77. The van der Waals surface area contributed by atoms with E-state index < -0.39 is 29.9 Å². The van der Waals surface area contributed by atoms with Gasteiger partial charge < -0.3 is 46.4 Å². The first-order chi connectivity index (χ1) is 16.2. The summed E-state index contributed by atoms with van der Waals surface area (Å²) in [6, 6.07) is -2.46. The maximum absolute atomic E-state index is 12.6. The number of primary amides is 2. The highest BCUT2D eigenvalue weighted by Crippen LogP contribution is 2.05. The van der Waals surface area contributed by atoms with Crippen LogP contribution < -0.4 is 27.4 Å². The monoisotopic (exact) mass is 491 g/mol. The largest absolute Gasteiger partial charge is 0.382 e. The van der Waals surface area contributed by atoms with Crippen LogP contribution in [0.15, 0.2) is 0 Å². The van der Waals surface area contributed by atoms with Crippen LogP contribution in [0.1, 0.15) is 33.1 Å². The lowest BCUT2D eigenvalue weighted by Crippen LogP contribution is -2.54. The molecule has 0 radical (unpaired) electrons. The van der Waals surface area contributed by atoms with E-state index in [-0.39, 0.29) is 37.8 Å². The number of amides is 5. The number of rotatable bonds is 21. The van der Waals surface area contributed by atoms with E-state index in [1.165, 1.54) is 0 Å². The Labute approximate surface area is 200 Å². The van der Waals surface area contributed by atoms with Gasteiger partial charge >= 0.3 is 6.03 Å². The van der Waals surface area contributed by atoms with E-state index in [0.29, 0.717) is 46.1 Å². The SMILES string of the molecule is COCCOCCOCCOCCC(=O)NC(C(=O)NC(CCCNC(N)=O)C(N)=O)C(C)C. The minimum atomic E-state index is -0.936. The standard InChI is InChI=1S/C21H41N5O8/c1-15(2)18(20(29)25-16(19(22)28)5-4-7-24-21(23)30)26-17(27)6-8-32-11-12-34-14-13-33-10-9-31-3/h15-16,18H,4-14H2,1-3H3,(H2,22,28)(H,25,29)(H,26,27)(H3,23,24,30). The zero-order chi connectivity index (χ0) is 25.8. The first-order valence-corrected chi connectivity index (χ1v) is 11.3. The molecule has 0 aliphatic carbocycles. The van der Waals surface area contributed by atoms with Gasteiger partial charge in [0.05, 0.1) is 46.2 Å². The Balaban J connectivity index is 4.23. The van der Waals surface area contributed by atoms with Gasteiger partial charge in [-0.25, -0.2) is 4.79 Å². The zero-order valence-electron chi connectivity index (χ0n) is 20.4. The van der Waals surface area contributed by atoms with Crippen LogP contribution in [0.25, 0.3) is 0 Å². The van der Waals surface area contributed by atoms with Crippen molar-refractivity contribution in [1.29, 1.82) is 0 Å². The van der Waals surface area contributed by atoms with Gasteiger partial charge in [0.15, 0.2) is 0 Å². The number of urea groups is 1. The summed E-state index contributed by atoms with van der Waals surface area (Å²) in [5.74, 6) is -1.81. The molecular formula is C21H41N5O8. The lowest BCUT2D eigenvalue weighted by atomic mass is 10.0. The van der Waals surface area contributed by atoms with Crippen molar-refractivity contribution in [3.05, 3.63) is 0 Å². The van der Waals surface area contributed by atoms with E-state index in [9.17, 15) is 19.2 Å². The van der Waals surface area contributed by atoms with Gasteiger partial charge in [-0.1, -0.05) is 13.8 Å². The Morgan fingerprint density at radius 3 is 1.88 bits per heavy atom. The molecule has 0 aromatic rings. The Kier molecular flexibility index (Phi) is 18.5. The van der Waals surface area contributed by atoms with Crippen molar-refractivity contribution >= 4 is 23.8 Å². The van der Waals surface area contributed by atoms with Crippen molar-refractivity contribution < 1.29 is 38.1 Å². The van der Waals surface area contributed by atoms with E-state index in [1.807, 2.05) is 0 Å². The second kappa shape index (κ2) is 19.9. The molecule has 0 spiro atoms. The van der Waals surface area contributed by atoms with Crippen molar-refractivity contribution in [1.82, 2.24) is 16.0 Å². The van der Waals surface area contributed by atoms with E-state index in [1.54, 1.807) is 21.0 Å². The molecule has 7 N–H and O–H groups in total. The lowest BCUT2D eigenvalue weighted by Gasteiger charge is -2.24. The highest BCUT2D eigenvalue weighted by molar-refractivity contribution is 5.91.